The van der Waals surface area contributed by atoms with Crippen molar-refractivity contribution >= 4 is 5.96 Å². The number of hydrogen-bond acceptors (Lipinski definition) is 1. The van der Waals surface area contributed by atoms with Gasteiger partial charge in [-0.15, -0.1) is 0 Å². The topological polar surface area (TPSA) is 27.6 Å². The van der Waals surface area contributed by atoms with Crippen LogP contribution in [0.1, 0.15) is 25.7 Å². The Morgan fingerprint density at radius 3 is 2.62 bits per heavy atom. The largest absolute Gasteiger partial charge is 0.351 e. The van der Waals surface area contributed by atoms with Crippen molar-refractivity contribution in [2.24, 2.45) is 10.4 Å². The molecule has 0 aromatic rings. The molecule has 2 rings (SSSR count). The molecule has 0 aromatic carbocycles. The Kier molecular flexibility index (Phi) is 3.30. The molecule has 0 bridgehead atoms. The first-order valence-electron chi connectivity index (χ1n) is 5.89. The van der Waals surface area contributed by atoms with Crippen LogP contribution < -0.4 is 5.32 Å². The number of rotatable bonds is 2. The number of likely N-dealkylation sites (tertiary alicyclic amines) is 1. The van der Waals surface area contributed by atoms with Crippen molar-refractivity contribution in [2.45, 2.75) is 32.1 Å². The highest BCUT2D eigenvalue weighted by Crippen LogP contribution is 2.47. The summed E-state index contributed by atoms with van der Waals surface area (Å²) in [5, 5.41) is 2.72. The molecular formula is C11H19F2N3. The average Bonchev–Trinajstić information content (AvgIpc) is 2.63. The van der Waals surface area contributed by atoms with Gasteiger partial charge in [-0.05, 0) is 24.7 Å². The summed E-state index contributed by atoms with van der Waals surface area (Å²) in [7, 11) is 1.65. The Labute approximate surface area is 94.9 Å². The maximum Gasteiger partial charge on any atom is 0.255 e. The normalized spacial score (nSPS) is 24.0. The molecule has 92 valence electrons. The Morgan fingerprint density at radius 2 is 2.19 bits per heavy atom. The molecule has 0 amide bonds. The SMILES string of the molecule is CN=C(NCC(F)F)N1CCC2(CCC2)C1. The zero-order chi connectivity index (χ0) is 11.6. The number of guanidine groups is 1. The molecule has 16 heavy (non-hydrogen) atoms. The van der Waals surface area contributed by atoms with E-state index in [1.54, 1.807) is 7.05 Å². The molecule has 1 spiro atoms. The molecule has 1 aliphatic carbocycles. The average molecular weight is 231 g/mol. The van der Waals surface area contributed by atoms with Gasteiger partial charge in [0.1, 0.15) is 0 Å². The van der Waals surface area contributed by atoms with Crippen molar-refractivity contribution in [3.05, 3.63) is 0 Å². The highest BCUT2D eigenvalue weighted by atomic mass is 19.3. The first kappa shape index (κ1) is 11.6. The van der Waals surface area contributed by atoms with Gasteiger partial charge in [0.15, 0.2) is 5.96 Å². The third-order valence-corrected chi connectivity index (χ3v) is 3.78. The van der Waals surface area contributed by atoms with Gasteiger partial charge in [-0.25, -0.2) is 8.78 Å². The molecule has 2 fully saturated rings. The van der Waals surface area contributed by atoms with E-state index >= 15 is 0 Å². The van der Waals surface area contributed by atoms with Gasteiger partial charge in [0.25, 0.3) is 6.43 Å². The van der Waals surface area contributed by atoms with Gasteiger partial charge >= 0.3 is 0 Å². The lowest BCUT2D eigenvalue weighted by molar-refractivity contribution is 0.145. The third kappa shape index (κ3) is 2.28. The third-order valence-electron chi connectivity index (χ3n) is 3.78. The van der Waals surface area contributed by atoms with E-state index in [9.17, 15) is 8.78 Å². The lowest BCUT2D eigenvalue weighted by atomic mass is 9.68. The van der Waals surface area contributed by atoms with E-state index in [1.807, 2.05) is 0 Å². The van der Waals surface area contributed by atoms with E-state index in [2.05, 4.69) is 15.2 Å². The predicted octanol–water partition coefficient (Wildman–Crippen LogP) is 1.70. The molecular weight excluding hydrogens is 212 g/mol. The zero-order valence-electron chi connectivity index (χ0n) is 9.68. The van der Waals surface area contributed by atoms with Crippen LogP contribution in [-0.2, 0) is 0 Å². The van der Waals surface area contributed by atoms with E-state index < -0.39 is 6.43 Å². The number of nitrogens with zero attached hydrogens (tertiary/aromatic N) is 2. The van der Waals surface area contributed by atoms with E-state index in [0.717, 1.165) is 13.1 Å². The number of hydrogen-bond donors (Lipinski definition) is 1. The molecule has 2 aliphatic rings. The molecule has 0 atom stereocenters. The molecule has 3 nitrogen and oxygen atoms in total. The van der Waals surface area contributed by atoms with Crippen molar-refractivity contribution in [3.63, 3.8) is 0 Å². The number of nitrogens with one attached hydrogen (secondary N) is 1. The Bertz CT molecular complexity index is 274. The number of alkyl halides is 2. The van der Waals surface area contributed by atoms with Crippen LogP contribution in [-0.4, -0.2) is 44.0 Å². The molecule has 1 N–H and O–H groups in total. The summed E-state index contributed by atoms with van der Waals surface area (Å²) in [6, 6.07) is 0. The highest BCUT2D eigenvalue weighted by molar-refractivity contribution is 5.80. The minimum atomic E-state index is -2.32. The monoisotopic (exact) mass is 231 g/mol. The van der Waals surface area contributed by atoms with Gasteiger partial charge in [0.2, 0.25) is 0 Å². The van der Waals surface area contributed by atoms with Gasteiger partial charge in [-0.2, -0.15) is 0 Å². The van der Waals surface area contributed by atoms with Gasteiger partial charge in [-0.3, -0.25) is 4.99 Å². The van der Waals surface area contributed by atoms with Crippen molar-refractivity contribution in [2.75, 3.05) is 26.7 Å². The van der Waals surface area contributed by atoms with Crippen LogP contribution >= 0.6 is 0 Å². The van der Waals surface area contributed by atoms with Crippen LogP contribution in [0, 0.1) is 5.41 Å². The van der Waals surface area contributed by atoms with Crippen molar-refractivity contribution in [1.82, 2.24) is 10.2 Å². The van der Waals surface area contributed by atoms with E-state index in [-0.39, 0.29) is 6.54 Å². The van der Waals surface area contributed by atoms with Gasteiger partial charge in [0, 0.05) is 20.1 Å². The fourth-order valence-electron chi connectivity index (χ4n) is 2.70. The van der Waals surface area contributed by atoms with Crippen molar-refractivity contribution in [1.29, 1.82) is 0 Å². The summed E-state index contributed by atoms with van der Waals surface area (Å²) >= 11 is 0. The van der Waals surface area contributed by atoms with Crippen LogP contribution in [0.5, 0.6) is 0 Å². The quantitative estimate of drug-likeness (QED) is 0.578. The van der Waals surface area contributed by atoms with E-state index in [1.165, 1.54) is 25.7 Å². The fraction of sp³-hybridized carbons (Fsp3) is 0.909. The molecule has 0 unspecified atom stereocenters. The number of aliphatic imine (C=N–C) groups is 1. The van der Waals surface area contributed by atoms with Gasteiger partial charge < -0.3 is 10.2 Å². The Hall–Kier alpha value is -0.870. The summed E-state index contributed by atoms with van der Waals surface area (Å²) in [5.41, 5.74) is 0.475. The molecule has 1 saturated carbocycles. The Morgan fingerprint density at radius 1 is 1.44 bits per heavy atom. The summed E-state index contributed by atoms with van der Waals surface area (Å²) in [4.78, 5) is 6.18. The fourth-order valence-corrected chi connectivity index (χ4v) is 2.70. The molecule has 1 aliphatic heterocycles. The van der Waals surface area contributed by atoms with E-state index in [0.29, 0.717) is 11.4 Å². The molecule has 1 saturated heterocycles. The van der Waals surface area contributed by atoms with Crippen LogP contribution in [0.25, 0.3) is 0 Å². The van der Waals surface area contributed by atoms with Crippen molar-refractivity contribution < 1.29 is 8.78 Å². The zero-order valence-corrected chi connectivity index (χ0v) is 9.68. The summed E-state index contributed by atoms with van der Waals surface area (Å²) in [5.74, 6) is 0.629. The van der Waals surface area contributed by atoms with Gasteiger partial charge in [0.05, 0.1) is 6.54 Å². The molecule has 0 radical (unpaired) electrons. The second kappa shape index (κ2) is 4.55. The van der Waals surface area contributed by atoms with Crippen LogP contribution in [0.4, 0.5) is 8.78 Å². The van der Waals surface area contributed by atoms with Gasteiger partial charge in [-0.1, -0.05) is 6.42 Å². The predicted molar refractivity (Wildman–Crippen MR) is 59.8 cm³/mol. The van der Waals surface area contributed by atoms with Crippen LogP contribution in [0.15, 0.2) is 4.99 Å². The lowest BCUT2D eigenvalue weighted by Crippen LogP contribution is -2.43. The number of halogens is 2. The lowest BCUT2D eigenvalue weighted by Gasteiger charge is -2.38. The first-order valence-corrected chi connectivity index (χ1v) is 5.89. The first-order chi connectivity index (χ1) is 7.65. The molecule has 5 heteroatoms. The minimum Gasteiger partial charge on any atom is -0.351 e. The molecule has 0 aromatic heterocycles. The van der Waals surface area contributed by atoms with E-state index in [4.69, 9.17) is 0 Å². The smallest absolute Gasteiger partial charge is 0.255 e. The maximum absolute atomic E-state index is 12.1. The van der Waals surface area contributed by atoms with Crippen molar-refractivity contribution in [3.8, 4) is 0 Å². The second-order valence-corrected chi connectivity index (χ2v) is 4.84. The van der Waals surface area contributed by atoms with Crippen LogP contribution in [0.3, 0.4) is 0 Å². The second-order valence-electron chi connectivity index (χ2n) is 4.84. The maximum atomic E-state index is 12.1. The summed E-state index contributed by atoms with van der Waals surface area (Å²) in [6.45, 7) is 1.62. The van der Waals surface area contributed by atoms with Crippen LogP contribution in [0.2, 0.25) is 0 Å². The Balaban J connectivity index is 1.86. The minimum absolute atomic E-state index is 0.309. The summed E-state index contributed by atoms with van der Waals surface area (Å²) in [6.07, 6.45) is 2.75. The standard InChI is InChI=1S/C11H19F2N3/c1-14-10(15-7-9(12)13)16-6-5-11(8-16)3-2-4-11/h9H,2-8H2,1H3,(H,14,15). The summed E-state index contributed by atoms with van der Waals surface area (Å²) < 4.78 is 24.2. The molecule has 1 heterocycles. The highest BCUT2D eigenvalue weighted by Gasteiger charge is 2.43.